The summed E-state index contributed by atoms with van der Waals surface area (Å²) >= 11 is 0. The van der Waals surface area contributed by atoms with Gasteiger partial charge in [0.25, 0.3) is 0 Å². The average Bonchev–Trinajstić information content (AvgIpc) is 2.62. The predicted molar refractivity (Wildman–Crippen MR) is 108 cm³/mol. The van der Waals surface area contributed by atoms with Gasteiger partial charge in [-0.05, 0) is 57.5 Å². The Labute approximate surface area is 175 Å². The Morgan fingerprint density at radius 3 is 1.83 bits per heavy atom. The number of hydrogen-bond donors (Lipinski definition) is 0. The minimum atomic E-state index is -0.538. The van der Waals surface area contributed by atoms with E-state index in [1.165, 1.54) is 0 Å². The molecule has 0 amide bonds. The van der Waals surface area contributed by atoms with E-state index in [0.29, 0.717) is 17.2 Å². The molecule has 2 heterocycles. The van der Waals surface area contributed by atoms with Crippen LogP contribution in [0.4, 0.5) is 0 Å². The molecular formula is C24H24O6. The number of hydrogen-bond acceptors (Lipinski definition) is 6. The molecule has 0 aromatic heterocycles. The van der Waals surface area contributed by atoms with Gasteiger partial charge in [0.15, 0.2) is 0 Å². The van der Waals surface area contributed by atoms with Crippen molar-refractivity contribution in [1.29, 1.82) is 0 Å². The summed E-state index contributed by atoms with van der Waals surface area (Å²) in [6.45, 7) is 7.82. The van der Waals surface area contributed by atoms with Crippen LogP contribution in [0.15, 0.2) is 36.4 Å². The van der Waals surface area contributed by atoms with Crippen LogP contribution in [0.5, 0.6) is 23.0 Å². The molecular weight excluding hydrogens is 384 g/mol. The topological polar surface area (TPSA) is 71.1 Å². The second-order valence-corrected chi connectivity index (χ2v) is 8.68. The standard InChI is InChI=1S/C24H24O6/c1-11(2)27-13-6-8-17-16(9-13)20-19-15-7-5-14(28-12(3)4)10-18(15)30-24(26)21(19)22(20)23(25)29-17/h5-12,19-22H,1-4H3. The van der Waals surface area contributed by atoms with E-state index in [1.807, 2.05) is 45.9 Å². The van der Waals surface area contributed by atoms with Crippen LogP contribution >= 0.6 is 0 Å². The zero-order valence-corrected chi connectivity index (χ0v) is 17.4. The Bertz CT molecular complexity index is 1040. The molecule has 30 heavy (non-hydrogen) atoms. The third kappa shape index (κ3) is 2.85. The molecule has 0 radical (unpaired) electrons. The lowest BCUT2D eigenvalue weighted by Crippen LogP contribution is -2.57. The van der Waals surface area contributed by atoms with E-state index in [9.17, 15) is 9.59 Å². The number of fused-ring (bicyclic) bond motifs is 8. The SMILES string of the molecule is CC(C)Oc1ccc2c(c1)OC(=O)C1C3C(=O)Oc4ccc(OC(C)C)cc4C3C21. The molecule has 0 N–H and O–H groups in total. The summed E-state index contributed by atoms with van der Waals surface area (Å²) in [6.07, 6.45) is 0.0476. The van der Waals surface area contributed by atoms with Crippen molar-refractivity contribution in [2.24, 2.45) is 11.8 Å². The minimum Gasteiger partial charge on any atom is -0.491 e. The Kier molecular flexibility index (Phi) is 4.27. The van der Waals surface area contributed by atoms with E-state index in [2.05, 4.69) is 0 Å². The molecule has 4 atom stereocenters. The molecule has 2 aromatic carbocycles. The molecule has 6 nitrogen and oxygen atoms in total. The molecule has 156 valence electrons. The van der Waals surface area contributed by atoms with Gasteiger partial charge < -0.3 is 18.9 Å². The van der Waals surface area contributed by atoms with Crippen LogP contribution in [0.3, 0.4) is 0 Å². The summed E-state index contributed by atoms with van der Waals surface area (Å²) in [5.41, 5.74) is 1.83. The average molecular weight is 408 g/mol. The Balaban J connectivity index is 1.57. The highest BCUT2D eigenvalue weighted by Crippen LogP contribution is 2.65. The van der Waals surface area contributed by atoms with Crippen molar-refractivity contribution in [1.82, 2.24) is 0 Å². The molecule has 0 saturated heterocycles. The van der Waals surface area contributed by atoms with Crippen LogP contribution in [0.25, 0.3) is 0 Å². The summed E-state index contributed by atoms with van der Waals surface area (Å²) in [5.74, 6) is 0.315. The summed E-state index contributed by atoms with van der Waals surface area (Å²) in [4.78, 5) is 25.5. The van der Waals surface area contributed by atoms with Gasteiger partial charge in [-0.2, -0.15) is 0 Å². The van der Waals surface area contributed by atoms with Crippen LogP contribution in [-0.2, 0) is 9.59 Å². The molecule has 0 spiro atoms. The number of carbonyl (C=O) groups is 2. The molecule has 2 aromatic rings. The number of benzene rings is 2. The fourth-order valence-corrected chi connectivity index (χ4v) is 4.91. The van der Waals surface area contributed by atoms with E-state index in [0.717, 1.165) is 16.9 Å². The first kappa shape index (κ1) is 19.0. The van der Waals surface area contributed by atoms with Crippen LogP contribution in [0.2, 0.25) is 0 Å². The highest BCUT2D eigenvalue weighted by molar-refractivity contribution is 5.92. The first-order valence-electron chi connectivity index (χ1n) is 10.4. The maximum absolute atomic E-state index is 12.8. The van der Waals surface area contributed by atoms with Crippen molar-refractivity contribution >= 4 is 11.9 Å². The zero-order valence-electron chi connectivity index (χ0n) is 17.4. The maximum atomic E-state index is 12.8. The molecule has 4 unspecified atom stereocenters. The van der Waals surface area contributed by atoms with E-state index in [1.54, 1.807) is 18.2 Å². The number of esters is 2. The van der Waals surface area contributed by atoms with Gasteiger partial charge in [-0.1, -0.05) is 6.07 Å². The van der Waals surface area contributed by atoms with E-state index >= 15 is 0 Å². The fraction of sp³-hybridized carbons (Fsp3) is 0.417. The molecule has 2 aliphatic heterocycles. The third-order valence-electron chi connectivity index (χ3n) is 5.94. The van der Waals surface area contributed by atoms with Crippen molar-refractivity contribution in [2.45, 2.75) is 51.7 Å². The lowest BCUT2D eigenvalue weighted by molar-refractivity contribution is -0.165. The summed E-state index contributed by atoms with van der Waals surface area (Å²) in [7, 11) is 0. The predicted octanol–water partition coefficient (Wildman–Crippen LogP) is 4.21. The number of rotatable bonds is 4. The van der Waals surface area contributed by atoms with Gasteiger partial charge in [-0.3, -0.25) is 9.59 Å². The van der Waals surface area contributed by atoms with Gasteiger partial charge >= 0.3 is 11.9 Å². The van der Waals surface area contributed by atoms with Gasteiger partial charge in [0, 0.05) is 23.5 Å². The first-order chi connectivity index (χ1) is 14.3. The number of carbonyl (C=O) groups excluding carboxylic acids is 2. The van der Waals surface area contributed by atoms with Crippen LogP contribution in [-0.4, -0.2) is 24.1 Å². The largest absolute Gasteiger partial charge is 0.491 e. The molecule has 5 rings (SSSR count). The molecule has 3 aliphatic rings. The second-order valence-electron chi connectivity index (χ2n) is 8.68. The number of ether oxygens (including phenoxy) is 4. The van der Waals surface area contributed by atoms with Crippen molar-refractivity contribution in [3.63, 3.8) is 0 Å². The van der Waals surface area contributed by atoms with Crippen LogP contribution in [0.1, 0.15) is 50.7 Å². The van der Waals surface area contributed by atoms with Crippen LogP contribution in [0, 0.1) is 11.8 Å². The minimum absolute atomic E-state index is 0.0162. The Morgan fingerprint density at radius 1 is 0.667 bits per heavy atom. The quantitative estimate of drug-likeness (QED) is 0.557. The van der Waals surface area contributed by atoms with Gasteiger partial charge in [0.1, 0.15) is 23.0 Å². The van der Waals surface area contributed by atoms with Gasteiger partial charge in [-0.25, -0.2) is 0 Å². The lowest BCUT2D eigenvalue weighted by atomic mass is 9.51. The highest BCUT2D eigenvalue weighted by atomic mass is 16.5. The van der Waals surface area contributed by atoms with E-state index < -0.39 is 11.8 Å². The fourth-order valence-electron chi connectivity index (χ4n) is 4.91. The Hall–Kier alpha value is -3.02. The monoisotopic (exact) mass is 408 g/mol. The smallest absolute Gasteiger partial charge is 0.315 e. The molecule has 1 saturated carbocycles. The van der Waals surface area contributed by atoms with Crippen molar-refractivity contribution in [3.8, 4) is 23.0 Å². The summed E-state index contributed by atoms with van der Waals surface area (Å²) in [6, 6.07) is 11.1. The van der Waals surface area contributed by atoms with Gasteiger partial charge in [0.05, 0.1) is 24.0 Å². The summed E-state index contributed by atoms with van der Waals surface area (Å²) < 4.78 is 22.7. The molecule has 6 heteroatoms. The van der Waals surface area contributed by atoms with Crippen molar-refractivity contribution < 1.29 is 28.5 Å². The van der Waals surface area contributed by atoms with E-state index in [-0.39, 0.29) is 36.0 Å². The molecule has 1 fully saturated rings. The second kappa shape index (κ2) is 6.76. The third-order valence-corrected chi connectivity index (χ3v) is 5.94. The molecule has 1 aliphatic carbocycles. The summed E-state index contributed by atoms with van der Waals surface area (Å²) in [5, 5.41) is 0. The van der Waals surface area contributed by atoms with E-state index in [4.69, 9.17) is 18.9 Å². The first-order valence-corrected chi connectivity index (χ1v) is 10.4. The zero-order chi connectivity index (χ0) is 21.2. The van der Waals surface area contributed by atoms with Crippen molar-refractivity contribution in [3.05, 3.63) is 47.5 Å². The van der Waals surface area contributed by atoms with Crippen molar-refractivity contribution in [2.75, 3.05) is 0 Å². The highest BCUT2D eigenvalue weighted by Gasteiger charge is 2.64. The Morgan fingerprint density at radius 2 is 1.20 bits per heavy atom. The van der Waals surface area contributed by atoms with Crippen LogP contribution < -0.4 is 18.9 Å². The molecule has 0 bridgehead atoms. The van der Waals surface area contributed by atoms with Gasteiger partial charge in [0.2, 0.25) is 0 Å². The maximum Gasteiger partial charge on any atom is 0.315 e. The van der Waals surface area contributed by atoms with Gasteiger partial charge in [-0.15, -0.1) is 0 Å². The lowest BCUT2D eigenvalue weighted by Gasteiger charge is -2.53. The normalized spacial score (nSPS) is 25.9.